The standard InChI is InChI=1S/C25H32O3S/c1-19(12-15-24-25(3,4)28-24)8-7-9-20(2)16-17-29(26,27)23-14-13-21-10-5-6-11-22(21)18-23/h5-6,8,10-11,13-14,16,18,24H,7,9,12,15,17H2,1-4H3. The summed E-state index contributed by atoms with van der Waals surface area (Å²) in [5.74, 6) is 0.0496. The Labute approximate surface area is 175 Å². The zero-order valence-corrected chi connectivity index (χ0v) is 18.8. The topological polar surface area (TPSA) is 46.7 Å². The van der Waals surface area contributed by atoms with Crippen molar-refractivity contribution < 1.29 is 13.2 Å². The van der Waals surface area contributed by atoms with Crippen LogP contribution in [-0.2, 0) is 14.6 Å². The van der Waals surface area contributed by atoms with E-state index in [1.54, 1.807) is 12.1 Å². The van der Waals surface area contributed by atoms with Gasteiger partial charge in [0.05, 0.1) is 22.4 Å². The molecule has 0 aliphatic carbocycles. The summed E-state index contributed by atoms with van der Waals surface area (Å²) in [6, 6.07) is 13.2. The Balaban J connectivity index is 1.50. The van der Waals surface area contributed by atoms with Crippen LogP contribution in [0, 0.1) is 0 Å². The predicted molar refractivity (Wildman–Crippen MR) is 121 cm³/mol. The van der Waals surface area contributed by atoms with E-state index in [0.717, 1.165) is 42.0 Å². The average Bonchev–Trinajstić information content (AvgIpc) is 3.31. The van der Waals surface area contributed by atoms with Gasteiger partial charge in [-0.15, -0.1) is 0 Å². The van der Waals surface area contributed by atoms with Crippen molar-refractivity contribution in [2.45, 2.75) is 70.0 Å². The number of rotatable bonds is 9. The molecule has 29 heavy (non-hydrogen) atoms. The summed E-state index contributed by atoms with van der Waals surface area (Å²) in [5, 5.41) is 2.01. The number of allylic oxidation sites excluding steroid dienone is 3. The minimum absolute atomic E-state index is 0.0496. The molecule has 1 atom stereocenters. The van der Waals surface area contributed by atoms with E-state index in [1.807, 2.05) is 43.3 Å². The molecule has 1 heterocycles. The smallest absolute Gasteiger partial charge is 0.181 e. The number of ether oxygens (including phenoxy) is 1. The van der Waals surface area contributed by atoms with Crippen LogP contribution < -0.4 is 0 Å². The van der Waals surface area contributed by atoms with Gasteiger partial charge in [0.15, 0.2) is 9.84 Å². The Morgan fingerprint density at radius 3 is 2.34 bits per heavy atom. The number of epoxide rings is 1. The Bertz CT molecular complexity index is 1030. The fourth-order valence-corrected chi connectivity index (χ4v) is 4.84. The highest BCUT2D eigenvalue weighted by molar-refractivity contribution is 7.91. The molecule has 156 valence electrons. The molecule has 2 aromatic rings. The molecule has 3 nitrogen and oxygen atoms in total. The van der Waals surface area contributed by atoms with Crippen LogP contribution in [0.4, 0.5) is 0 Å². The number of hydrogen-bond donors (Lipinski definition) is 0. The lowest BCUT2D eigenvalue weighted by Gasteiger charge is -2.05. The Morgan fingerprint density at radius 2 is 1.66 bits per heavy atom. The molecule has 0 radical (unpaired) electrons. The molecule has 0 amide bonds. The molecule has 1 fully saturated rings. The predicted octanol–water partition coefficient (Wildman–Crippen LogP) is 6.24. The average molecular weight is 413 g/mol. The maximum atomic E-state index is 12.7. The first-order valence-corrected chi connectivity index (χ1v) is 12.0. The quantitative estimate of drug-likeness (QED) is 0.361. The largest absolute Gasteiger partial charge is 0.367 e. The molecule has 1 aliphatic heterocycles. The van der Waals surface area contributed by atoms with Crippen molar-refractivity contribution in [3.05, 3.63) is 65.8 Å². The van der Waals surface area contributed by atoms with Crippen molar-refractivity contribution >= 4 is 20.6 Å². The number of benzene rings is 2. The van der Waals surface area contributed by atoms with Crippen LogP contribution in [0.1, 0.15) is 53.4 Å². The molecular formula is C25H32O3S. The van der Waals surface area contributed by atoms with E-state index in [4.69, 9.17) is 4.74 Å². The zero-order chi connectivity index (χ0) is 21.1. The number of sulfone groups is 1. The molecule has 0 bridgehead atoms. The lowest BCUT2D eigenvalue weighted by molar-refractivity contribution is 0.320. The zero-order valence-electron chi connectivity index (χ0n) is 17.9. The Hall–Kier alpha value is -1.91. The van der Waals surface area contributed by atoms with Gasteiger partial charge in [-0.3, -0.25) is 0 Å². The molecule has 1 unspecified atom stereocenters. The van der Waals surface area contributed by atoms with Crippen molar-refractivity contribution in [3.8, 4) is 0 Å². The van der Waals surface area contributed by atoms with Crippen LogP contribution in [0.15, 0.2) is 70.7 Å². The second-order valence-electron chi connectivity index (χ2n) is 8.68. The van der Waals surface area contributed by atoms with E-state index in [1.165, 1.54) is 5.57 Å². The normalized spacial score (nSPS) is 19.5. The van der Waals surface area contributed by atoms with Crippen LogP contribution in [-0.4, -0.2) is 25.9 Å². The molecule has 4 heteroatoms. The van der Waals surface area contributed by atoms with Crippen molar-refractivity contribution in [1.82, 2.24) is 0 Å². The van der Waals surface area contributed by atoms with Gasteiger partial charge >= 0.3 is 0 Å². The van der Waals surface area contributed by atoms with Crippen molar-refractivity contribution in [2.24, 2.45) is 0 Å². The third kappa shape index (κ3) is 6.03. The summed E-state index contributed by atoms with van der Waals surface area (Å²) in [6.07, 6.45) is 8.49. The molecular weight excluding hydrogens is 380 g/mol. The first-order chi connectivity index (χ1) is 13.7. The van der Waals surface area contributed by atoms with Gasteiger partial charge in [-0.1, -0.05) is 53.6 Å². The van der Waals surface area contributed by atoms with E-state index in [9.17, 15) is 8.42 Å². The summed E-state index contributed by atoms with van der Waals surface area (Å²) in [6.45, 7) is 8.45. The van der Waals surface area contributed by atoms with E-state index in [-0.39, 0.29) is 11.4 Å². The van der Waals surface area contributed by atoms with E-state index in [0.29, 0.717) is 11.0 Å². The van der Waals surface area contributed by atoms with Gasteiger partial charge in [-0.2, -0.15) is 0 Å². The van der Waals surface area contributed by atoms with Crippen LogP contribution in [0.25, 0.3) is 10.8 Å². The first-order valence-electron chi connectivity index (χ1n) is 10.4. The summed E-state index contributed by atoms with van der Waals surface area (Å²) in [7, 11) is -3.32. The molecule has 0 saturated carbocycles. The second kappa shape index (κ2) is 8.85. The molecule has 1 aliphatic rings. The molecule has 2 aromatic carbocycles. The third-order valence-corrected chi connectivity index (χ3v) is 7.31. The highest BCUT2D eigenvalue weighted by Crippen LogP contribution is 2.38. The SMILES string of the molecule is CC(=CCS(=O)(=O)c1ccc2ccccc2c1)CCC=C(C)CCC1OC1(C)C. The maximum absolute atomic E-state index is 12.7. The second-order valence-corrected chi connectivity index (χ2v) is 10.7. The van der Waals surface area contributed by atoms with Crippen LogP contribution in [0.2, 0.25) is 0 Å². The summed E-state index contributed by atoms with van der Waals surface area (Å²) in [4.78, 5) is 0.390. The van der Waals surface area contributed by atoms with Gasteiger partial charge in [0.1, 0.15) is 0 Å². The van der Waals surface area contributed by atoms with E-state index >= 15 is 0 Å². The summed E-state index contributed by atoms with van der Waals surface area (Å²) < 4.78 is 31.0. The Kier molecular flexibility index (Phi) is 6.65. The number of fused-ring (bicyclic) bond motifs is 1. The third-order valence-electron chi connectivity index (χ3n) is 5.73. The fourth-order valence-electron chi connectivity index (χ4n) is 3.56. The van der Waals surface area contributed by atoms with Gasteiger partial charge in [0.25, 0.3) is 0 Å². The van der Waals surface area contributed by atoms with Gasteiger partial charge < -0.3 is 4.74 Å². The lowest BCUT2D eigenvalue weighted by atomic mass is 10.0. The minimum Gasteiger partial charge on any atom is -0.367 e. The van der Waals surface area contributed by atoms with E-state index in [2.05, 4.69) is 26.8 Å². The molecule has 0 spiro atoms. The lowest BCUT2D eigenvalue weighted by Crippen LogP contribution is -2.05. The number of hydrogen-bond acceptors (Lipinski definition) is 3. The van der Waals surface area contributed by atoms with Gasteiger partial charge in [0, 0.05) is 0 Å². The van der Waals surface area contributed by atoms with Gasteiger partial charge in [-0.25, -0.2) is 8.42 Å². The summed E-state index contributed by atoms with van der Waals surface area (Å²) in [5.41, 5.74) is 2.56. The highest BCUT2D eigenvalue weighted by atomic mass is 32.2. The summed E-state index contributed by atoms with van der Waals surface area (Å²) >= 11 is 0. The Morgan fingerprint density at radius 1 is 1.00 bits per heavy atom. The van der Waals surface area contributed by atoms with Crippen LogP contribution >= 0.6 is 0 Å². The highest BCUT2D eigenvalue weighted by Gasteiger charge is 2.46. The maximum Gasteiger partial charge on any atom is 0.181 e. The van der Waals surface area contributed by atoms with Crippen LogP contribution in [0.3, 0.4) is 0 Å². The first kappa shape index (κ1) is 21.8. The molecule has 0 aromatic heterocycles. The van der Waals surface area contributed by atoms with E-state index < -0.39 is 9.84 Å². The monoisotopic (exact) mass is 412 g/mol. The van der Waals surface area contributed by atoms with Gasteiger partial charge in [0.2, 0.25) is 0 Å². The van der Waals surface area contributed by atoms with Crippen molar-refractivity contribution in [2.75, 3.05) is 5.75 Å². The fraction of sp³-hybridized carbons (Fsp3) is 0.440. The molecule has 0 N–H and O–H groups in total. The molecule has 3 rings (SSSR count). The minimum atomic E-state index is -3.32. The van der Waals surface area contributed by atoms with Gasteiger partial charge in [-0.05, 0) is 76.3 Å². The van der Waals surface area contributed by atoms with Crippen LogP contribution in [0.5, 0.6) is 0 Å². The van der Waals surface area contributed by atoms with Crippen molar-refractivity contribution in [3.63, 3.8) is 0 Å². The molecule has 1 saturated heterocycles. The van der Waals surface area contributed by atoms with Crippen molar-refractivity contribution in [1.29, 1.82) is 0 Å².